The molecule has 0 amide bonds. The minimum atomic E-state index is -0.625. The summed E-state index contributed by atoms with van der Waals surface area (Å²) in [6.07, 6.45) is 2.63. The minimum absolute atomic E-state index is 0.0351. The SMILES string of the molecule is C[C@H](C(=O)C(CC1CCN(C[C@H]2CN(Cc3ccc(Cl)cc3Cl)C[C@@H]2c2ccsc2)CC1)C(=O)c1ccccc1)c1ccccc1. The van der Waals surface area contributed by atoms with Crippen molar-refractivity contribution >= 4 is 46.1 Å². The van der Waals surface area contributed by atoms with Crippen LogP contribution in [0, 0.1) is 17.8 Å². The van der Waals surface area contributed by atoms with Crippen LogP contribution in [-0.2, 0) is 11.3 Å². The quantitative estimate of drug-likeness (QED) is 0.111. The molecule has 2 fully saturated rings. The lowest BCUT2D eigenvalue weighted by molar-refractivity contribution is -0.123. The standard InChI is InChI=1S/C39H42Cl2N2O2S/c1-27(29-8-4-2-5-9-29)38(44)35(39(45)30-10-6-3-7-11-30)20-28-14-17-42(18-15-28)23-33-24-43(25-36(33)32-16-19-46-26-32)22-31-12-13-34(40)21-37(31)41/h2-13,16,19,21,26-28,33,35-36H,14-15,17-18,20,22-25H2,1H3/t27-,33-,35?,36+/m0/s1. The summed E-state index contributed by atoms with van der Waals surface area (Å²) in [6.45, 7) is 7.85. The zero-order valence-electron chi connectivity index (χ0n) is 26.4. The highest BCUT2D eigenvalue weighted by Crippen LogP contribution is 2.37. The molecule has 6 rings (SSSR count). The van der Waals surface area contributed by atoms with Crippen LogP contribution in [0.1, 0.15) is 65.1 Å². The zero-order valence-corrected chi connectivity index (χ0v) is 28.7. The first-order chi connectivity index (χ1) is 22.4. The Morgan fingerprint density at radius 2 is 1.61 bits per heavy atom. The Hall–Kier alpha value is -2.80. The first kappa shape index (κ1) is 33.1. The molecule has 0 aliphatic carbocycles. The normalized spacial score (nSPS) is 20.8. The van der Waals surface area contributed by atoms with Crippen molar-refractivity contribution in [2.75, 3.05) is 32.7 Å². The number of nitrogens with zero attached hydrogens (tertiary/aromatic N) is 2. The van der Waals surface area contributed by atoms with Gasteiger partial charge in [0.25, 0.3) is 0 Å². The van der Waals surface area contributed by atoms with E-state index in [1.54, 1.807) is 11.3 Å². The number of benzene rings is 3. The van der Waals surface area contributed by atoms with Gasteiger partial charge in [-0.1, -0.05) is 96.9 Å². The summed E-state index contributed by atoms with van der Waals surface area (Å²) in [5.41, 5.74) is 4.15. The number of Topliss-reactive ketones (excluding diaryl/α,β-unsaturated/α-hetero) is 2. The van der Waals surface area contributed by atoms with Crippen molar-refractivity contribution in [2.24, 2.45) is 17.8 Å². The third-order valence-electron chi connectivity index (χ3n) is 10.1. The Morgan fingerprint density at radius 1 is 0.891 bits per heavy atom. The number of carbonyl (C=O) groups excluding carboxylic acids is 2. The molecule has 0 bridgehead atoms. The molecule has 0 N–H and O–H groups in total. The van der Waals surface area contributed by atoms with Gasteiger partial charge in [0.2, 0.25) is 0 Å². The van der Waals surface area contributed by atoms with E-state index in [0.717, 1.165) is 68.3 Å². The van der Waals surface area contributed by atoms with Crippen molar-refractivity contribution in [2.45, 2.75) is 44.6 Å². The van der Waals surface area contributed by atoms with Crippen molar-refractivity contribution in [1.29, 1.82) is 0 Å². The first-order valence-corrected chi connectivity index (χ1v) is 18.1. The zero-order chi connectivity index (χ0) is 32.0. The van der Waals surface area contributed by atoms with E-state index >= 15 is 0 Å². The van der Waals surface area contributed by atoms with Gasteiger partial charge in [-0.25, -0.2) is 0 Å². The first-order valence-electron chi connectivity index (χ1n) is 16.4. The smallest absolute Gasteiger partial charge is 0.173 e. The number of likely N-dealkylation sites (tertiary alicyclic amines) is 2. The van der Waals surface area contributed by atoms with Crippen LogP contribution in [-0.4, -0.2) is 54.1 Å². The lowest BCUT2D eigenvalue weighted by Crippen LogP contribution is -2.40. The molecule has 2 aliphatic heterocycles. The van der Waals surface area contributed by atoms with E-state index in [2.05, 4.69) is 26.6 Å². The fourth-order valence-electron chi connectivity index (χ4n) is 7.46. The van der Waals surface area contributed by atoms with Crippen LogP contribution < -0.4 is 0 Å². The Labute approximate surface area is 287 Å². The molecule has 2 aliphatic rings. The third kappa shape index (κ3) is 8.00. The monoisotopic (exact) mass is 672 g/mol. The van der Waals surface area contributed by atoms with Gasteiger partial charge < -0.3 is 4.90 Å². The molecule has 1 aromatic heterocycles. The lowest BCUT2D eigenvalue weighted by Gasteiger charge is -2.35. The second-order valence-electron chi connectivity index (χ2n) is 13.2. The topological polar surface area (TPSA) is 40.6 Å². The molecule has 7 heteroatoms. The highest BCUT2D eigenvalue weighted by Gasteiger charge is 2.38. The number of hydrogen-bond donors (Lipinski definition) is 0. The summed E-state index contributed by atoms with van der Waals surface area (Å²) >= 11 is 14.5. The summed E-state index contributed by atoms with van der Waals surface area (Å²) < 4.78 is 0. The fourth-order valence-corrected chi connectivity index (χ4v) is 8.66. The Morgan fingerprint density at radius 3 is 2.28 bits per heavy atom. The molecule has 4 aromatic rings. The van der Waals surface area contributed by atoms with Gasteiger partial charge in [0.05, 0.1) is 5.92 Å². The van der Waals surface area contributed by atoms with Crippen LogP contribution in [0.3, 0.4) is 0 Å². The number of thiophene rings is 1. The van der Waals surface area contributed by atoms with E-state index < -0.39 is 5.92 Å². The average Bonchev–Trinajstić information content (AvgIpc) is 3.76. The van der Waals surface area contributed by atoms with Crippen LogP contribution in [0.2, 0.25) is 10.0 Å². The number of piperidine rings is 1. The van der Waals surface area contributed by atoms with Crippen molar-refractivity contribution in [3.05, 3.63) is 128 Å². The molecule has 3 heterocycles. The molecule has 46 heavy (non-hydrogen) atoms. The van der Waals surface area contributed by atoms with Gasteiger partial charge in [-0.2, -0.15) is 11.3 Å². The van der Waals surface area contributed by atoms with E-state index in [1.807, 2.05) is 85.8 Å². The second-order valence-corrected chi connectivity index (χ2v) is 14.8. The molecule has 0 spiro atoms. The predicted molar refractivity (Wildman–Crippen MR) is 190 cm³/mol. The van der Waals surface area contributed by atoms with Gasteiger partial charge in [0.15, 0.2) is 11.6 Å². The molecular formula is C39H42Cl2N2O2S. The van der Waals surface area contributed by atoms with E-state index in [9.17, 15) is 9.59 Å². The second kappa shape index (κ2) is 15.4. The van der Waals surface area contributed by atoms with E-state index in [1.165, 1.54) is 5.56 Å². The summed E-state index contributed by atoms with van der Waals surface area (Å²) in [5, 5.41) is 5.88. The van der Waals surface area contributed by atoms with Gasteiger partial charge in [0, 0.05) is 53.6 Å². The maximum Gasteiger partial charge on any atom is 0.173 e. The van der Waals surface area contributed by atoms with Crippen molar-refractivity contribution < 1.29 is 9.59 Å². The molecule has 3 aromatic carbocycles. The van der Waals surface area contributed by atoms with Crippen LogP contribution in [0.15, 0.2) is 95.7 Å². The van der Waals surface area contributed by atoms with Gasteiger partial charge in [0.1, 0.15) is 0 Å². The van der Waals surface area contributed by atoms with Crippen LogP contribution in [0.25, 0.3) is 0 Å². The summed E-state index contributed by atoms with van der Waals surface area (Å²) in [7, 11) is 0. The highest BCUT2D eigenvalue weighted by atomic mass is 35.5. The van der Waals surface area contributed by atoms with Gasteiger partial charge in [-0.05, 0) is 89.8 Å². The Kier molecular flexibility index (Phi) is 11.1. The number of hydrogen-bond acceptors (Lipinski definition) is 5. The van der Waals surface area contributed by atoms with Crippen LogP contribution >= 0.6 is 34.5 Å². The molecule has 2 saturated heterocycles. The third-order valence-corrected chi connectivity index (χ3v) is 11.4. The van der Waals surface area contributed by atoms with Crippen LogP contribution in [0.4, 0.5) is 0 Å². The highest BCUT2D eigenvalue weighted by molar-refractivity contribution is 7.08. The molecule has 4 atom stereocenters. The molecule has 240 valence electrons. The summed E-state index contributed by atoms with van der Waals surface area (Å²) in [4.78, 5) is 32.9. The number of ketones is 2. The molecule has 0 radical (unpaired) electrons. The summed E-state index contributed by atoms with van der Waals surface area (Å²) in [6, 6.07) is 27.3. The lowest BCUT2D eigenvalue weighted by atomic mass is 9.77. The van der Waals surface area contributed by atoms with Gasteiger partial charge >= 0.3 is 0 Å². The maximum absolute atomic E-state index is 13.9. The number of carbonyl (C=O) groups is 2. The van der Waals surface area contributed by atoms with E-state index in [0.29, 0.717) is 34.8 Å². The number of halogens is 2. The predicted octanol–water partition coefficient (Wildman–Crippen LogP) is 9.24. The van der Waals surface area contributed by atoms with Crippen molar-refractivity contribution in [1.82, 2.24) is 9.80 Å². The van der Waals surface area contributed by atoms with Gasteiger partial charge in [-0.15, -0.1) is 0 Å². The van der Waals surface area contributed by atoms with E-state index in [-0.39, 0.29) is 17.5 Å². The van der Waals surface area contributed by atoms with Crippen molar-refractivity contribution in [3.8, 4) is 0 Å². The van der Waals surface area contributed by atoms with Gasteiger partial charge in [-0.3, -0.25) is 14.5 Å². The molecular weight excluding hydrogens is 631 g/mol. The minimum Gasteiger partial charge on any atom is -0.303 e. The maximum atomic E-state index is 13.9. The number of rotatable bonds is 12. The Balaban J connectivity index is 1.10. The fraction of sp³-hybridized carbons (Fsp3) is 0.385. The van der Waals surface area contributed by atoms with Crippen molar-refractivity contribution in [3.63, 3.8) is 0 Å². The molecule has 1 unspecified atom stereocenters. The van der Waals surface area contributed by atoms with Crippen LogP contribution in [0.5, 0.6) is 0 Å². The summed E-state index contributed by atoms with van der Waals surface area (Å²) in [5.74, 6) is 0.411. The van der Waals surface area contributed by atoms with E-state index in [4.69, 9.17) is 23.2 Å². The molecule has 0 saturated carbocycles. The molecule has 4 nitrogen and oxygen atoms in total. The Bertz CT molecular complexity index is 1590. The average molecular weight is 674 g/mol. The largest absolute Gasteiger partial charge is 0.303 e.